The Morgan fingerprint density at radius 1 is 0.667 bits per heavy atom. The third kappa shape index (κ3) is 2.71. The van der Waals surface area contributed by atoms with Crippen molar-refractivity contribution in [1.29, 1.82) is 0 Å². The molecule has 4 nitrogen and oxygen atoms in total. The van der Waals surface area contributed by atoms with Crippen LogP contribution in [0.5, 0.6) is 23.0 Å². The number of hydrogen-bond acceptors (Lipinski definition) is 4. The molecule has 0 amide bonds. The van der Waals surface area contributed by atoms with Gasteiger partial charge in [-0.2, -0.15) is 0 Å². The van der Waals surface area contributed by atoms with Crippen LogP contribution in [-0.4, -0.2) is 28.4 Å². The van der Waals surface area contributed by atoms with Crippen molar-refractivity contribution in [3.05, 3.63) is 48.5 Å². The molecule has 124 valence electrons. The molecule has 0 aliphatic heterocycles. The Kier molecular flexibility index (Phi) is 4.47. The summed E-state index contributed by atoms with van der Waals surface area (Å²) in [6.07, 6.45) is 0. The van der Waals surface area contributed by atoms with Crippen LogP contribution in [-0.2, 0) is 0 Å². The Morgan fingerprint density at radius 3 is 1.96 bits per heavy atom. The predicted octanol–water partition coefficient (Wildman–Crippen LogP) is 4.54. The van der Waals surface area contributed by atoms with Crippen molar-refractivity contribution in [1.82, 2.24) is 0 Å². The van der Waals surface area contributed by atoms with E-state index in [9.17, 15) is 0 Å². The van der Waals surface area contributed by atoms with E-state index in [0.29, 0.717) is 17.2 Å². The van der Waals surface area contributed by atoms with Crippen LogP contribution in [0.4, 0.5) is 0 Å². The number of fused-ring (bicyclic) bond motifs is 1. The summed E-state index contributed by atoms with van der Waals surface area (Å²) in [4.78, 5) is 0. The van der Waals surface area contributed by atoms with E-state index in [1.165, 1.54) is 0 Å². The summed E-state index contributed by atoms with van der Waals surface area (Å²) in [5.74, 6) is 2.70. The van der Waals surface area contributed by atoms with E-state index in [4.69, 9.17) is 18.9 Å². The molecule has 0 radical (unpaired) electrons. The normalized spacial score (nSPS) is 10.5. The first-order chi connectivity index (χ1) is 11.7. The van der Waals surface area contributed by atoms with Crippen LogP contribution in [0.2, 0.25) is 0 Å². The van der Waals surface area contributed by atoms with Gasteiger partial charge in [0.2, 0.25) is 5.75 Å². The molecular formula is C20H20O4. The van der Waals surface area contributed by atoms with Gasteiger partial charge in [0.15, 0.2) is 11.5 Å². The molecule has 0 aliphatic carbocycles. The van der Waals surface area contributed by atoms with Gasteiger partial charge < -0.3 is 18.9 Å². The van der Waals surface area contributed by atoms with E-state index < -0.39 is 0 Å². The molecule has 0 saturated carbocycles. The minimum atomic E-state index is 0.589. The predicted molar refractivity (Wildman–Crippen MR) is 95.6 cm³/mol. The van der Waals surface area contributed by atoms with Crippen molar-refractivity contribution >= 4 is 10.8 Å². The molecule has 0 saturated heterocycles. The monoisotopic (exact) mass is 324 g/mol. The summed E-state index contributed by atoms with van der Waals surface area (Å²) in [6.45, 7) is 0. The van der Waals surface area contributed by atoms with E-state index in [1.807, 2.05) is 30.3 Å². The van der Waals surface area contributed by atoms with Crippen LogP contribution in [0.3, 0.4) is 0 Å². The van der Waals surface area contributed by atoms with Gasteiger partial charge in [-0.15, -0.1) is 0 Å². The molecule has 0 unspecified atom stereocenters. The molecule has 3 aromatic rings. The van der Waals surface area contributed by atoms with Crippen molar-refractivity contribution in [2.45, 2.75) is 0 Å². The molecule has 0 atom stereocenters. The zero-order chi connectivity index (χ0) is 17.1. The fraction of sp³-hybridized carbons (Fsp3) is 0.200. The average Bonchev–Trinajstić information content (AvgIpc) is 2.65. The lowest BCUT2D eigenvalue weighted by molar-refractivity contribution is 0.324. The summed E-state index contributed by atoms with van der Waals surface area (Å²) < 4.78 is 21.6. The summed E-state index contributed by atoms with van der Waals surface area (Å²) in [7, 11) is 6.51. The van der Waals surface area contributed by atoms with Gasteiger partial charge in [-0.3, -0.25) is 0 Å². The number of benzene rings is 3. The highest BCUT2D eigenvalue weighted by Crippen LogP contribution is 2.42. The van der Waals surface area contributed by atoms with Crippen molar-refractivity contribution < 1.29 is 18.9 Å². The Bertz CT molecular complexity index is 846. The second-order valence-corrected chi connectivity index (χ2v) is 5.31. The second-order valence-electron chi connectivity index (χ2n) is 5.31. The molecule has 3 rings (SSSR count). The molecular weight excluding hydrogens is 304 g/mol. The molecule has 0 N–H and O–H groups in total. The Morgan fingerprint density at radius 2 is 1.38 bits per heavy atom. The fourth-order valence-corrected chi connectivity index (χ4v) is 2.88. The standard InChI is InChI=1S/C20H20O4/c1-21-15-8-9-17-13(10-15)6-5-7-16(17)14-11-18(22-2)20(24-4)19(12-14)23-3/h5-12H,1-4H3. The molecule has 4 heteroatoms. The maximum Gasteiger partial charge on any atom is 0.203 e. The highest BCUT2D eigenvalue weighted by atomic mass is 16.5. The molecule has 0 fully saturated rings. The molecule has 0 aliphatic rings. The fourth-order valence-electron chi connectivity index (χ4n) is 2.88. The smallest absolute Gasteiger partial charge is 0.203 e. The lowest BCUT2D eigenvalue weighted by Crippen LogP contribution is -1.96. The van der Waals surface area contributed by atoms with Gasteiger partial charge in [-0.1, -0.05) is 24.3 Å². The van der Waals surface area contributed by atoms with Crippen LogP contribution in [0.25, 0.3) is 21.9 Å². The summed E-state index contributed by atoms with van der Waals surface area (Å²) >= 11 is 0. The average molecular weight is 324 g/mol. The van der Waals surface area contributed by atoms with Gasteiger partial charge in [0, 0.05) is 0 Å². The first kappa shape index (κ1) is 16.0. The van der Waals surface area contributed by atoms with Gasteiger partial charge in [0.25, 0.3) is 0 Å². The number of rotatable bonds is 5. The summed E-state index contributed by atoms with van der Waals surface area (Å²) in [5, 5.41) is 2.24. The van der Waals surface area contributed by atoms with Crippen LogP contribution in [0, 0.1) is 0 Å². The molecule has 24 heavy (non-hydrogen) atoms. The quantitative estimate of drug-likeness (QED) is 0.690. The van der Waals surface area contributed by atoms with E-state index >= 15 is 0 Å². The van der Waals surface area contributed by atoms with Crippen LogP contribution in [0.1, 0.15) is 0 Å². The van der Waals surface area contributed by atoms with Crippen molar-refractivity contribution in [2.75, 3.05) is 28.4 Å². The minimum Gasteiger partial charge on any atom is -0.497 e. The van der Waals surface area contributed by atoms with Gasteiger partial charge >= 0.3 is 0 Å². The van der Waals surface area contributed by atoms with Gasteiger partial charge in [-0.25, -0.2) is 0 Å². The Balaban J connectivity index is 2.24. The molecule has 0 aromatic heterocycles. The zero-order valence-electron chi connectivity index (χ0n) is 14.3. The summed E-state index contributed by atoms with van der Waals surface area (Å²) in [6, 6.07) is 16.1. The van der Waals surface area contributed by atoms with Crippen LogP contribution < -0.4 is 18.9 Å². The lowest BCUT2D eigenvalue weighted by Gasteiger charge is -2.15. The maximum atomic E-state index is 5.46. The first-order valence-corrected chi connectivity index (χ1v) is 7.59. The lowest BCUT2D eigenvalue weighted by atomic mass is 9.97. The van der Waals surface area contributed by atoms with Crippen molar-refractivity contribution in [2.24, 2.45) is 0 Å². The van der Waals surface area contributed by atoms with E-state index in [-0.39, 0.29) is 0 Å². The van der Waals surface area contributed by atoms with Crippen molar-refractivity contribution in [3.63, 3.8) is 0 Å². The Labute approximate surface area is 141 Å². The second kappa shape index (κ2) is 6.71. The van der Waals surface area contributed by atoms with Gasteiger partial charge in [0.1, 0.15) is 5.75 Å². The van der Waals surface area contributed by atoms with E-state index in [1.54, 1.807) is 28.4 Å². The zero-order valence-corrected chi connectivity index (χ0v) is 14.3. The number of ether oxygens (including phenoxy) is 4. The highest BCUT2D eigenvalue weighted by molar-refractivity contribution is 5.98. The van der Waals surface area contributed by atoms with Crippen LogP contribution in [0.15, 0.2) is 48.5 Å². The largest absolute Gasteiger partial charge is 0.497 e. The van der Waals surface area contributed by atoms with Gasteiger partial charge in [0.05, 0.1) is 28.4 Å². The minimum absolute atomic E-state index is 0.589. The summed E-state index contributed by atoms with van der Waals surface area (Å²) in [5.41, 5.74) is 2.09. The number of hydrogen-bond donors (Lipinski definition) is 0. The molecule has 3 aromatic carbocycles. The van der Waals surface area contributed by atoms with Crippen molar-refractivity contribution in [3.8, 4) is 34.1 Å². The van der Waals surface area contributed by atoms with Gasteiger partial charge in [-0.05, 0) is 46.2 Å². The first-order valence-electron chi connectivity index (χ1n) is 7.59. The highest BCUT2D eigenvalue weighted by Gasteiger charge is 2.15. The Hall–Kier alpha value is -2.88. The maximum absolute atomic E-state index is 5.46. The topological polar surface area (TPSA) is 36.9 Å². The molecule has 0 heterocycles. The van der Waals surface area contributed by atoms with E-state index in [0.717, 1.165) is 27.6 Å². The van der Waals surface area contributed by atoms with Crippen LogP contribution >= 0.6 is 0 Å². The third-order valence-corrected chi connectivity index (χ3v) is 4.06. The molecule has 0 spiro atoms. The SMILES string of the molecule is COc1ccc2c(-c3cc(OC)c(OC)c(OC)c3)cccc2c1. The third-order valence-electron chi connectivity index (χ3n) is 4.06. The number of methoxy groups -OCH3 is 4. The molecule has 0 bridgehead atoms. The van der Waals surface area contributed by atoms with E-state index in [2.05, 4.69) is 18.2 Å².